The first-order chi connectivity index (χ1) is 6.63. The van der Waals surface area contributed by atoms with Crippen molar-refractivity contribution in [3.63, 3.8) is 0 Å². The van der Waals surface area contributed by atoms with Gasteiger partial charge in [0.15, 0.2) is 0 Å². The van der Waals surface area contributed by atoms with Crippen molar-refractivity contribution in [2.24, 2.45) is 5.73 Å². The van der Waals surface area contributed by atoms with Crippen molar-refractivity contribution < 1.29 is 0 Å². The Bertz CT molecular complexity index is 432. The zero-order valence-electron chi connectivity index (χ0n) is 7.20. The van der Waals surface area contributed by atoms with Gasteiger partial charge in [-0.15, -0.1) is 0 Å². The molecule has 0 unspecified atom stereocenters. The van der Waals surface area contributed by atoms with Crippen LogP contribution in [0.5, 0.6) is 0 Å². The summed E-state index contributed by atoms with van der Waals surface area (Å²) < 4.78 is 0. The van der Waals surface area contributed by atoms with Crippen LogP contribution in [0.15, 0.2) is 29.8 Å². The van der Waals surface area contributed by atoms with E-state index in [2.05, 4.69) is 0 Å². The number of nitrogens with zero attached hydrogens (tertiary/aromatic N) is 1. The summed E-state index contributed by atoms with van der Waals surface area (Å²) in [7, 11) is 0. The van der Waals surface area contributed by atoms with Gasteiger partial charge in [0.25, 0.3) is 0 Å². The summed E-state index contributed by atoms with van der Waals surface area (Å²) in [6.07, 6.45) is 1.61. The molecule has 0 radical (unpaired) electrons. The number of thiocarbonyl (C=S) groups is 1. The summed E-state index contributed by atoms with van der Waals surface area (Å²) in [4.78, 5) is 0.0903. The highest BCUT2D eigenvalue weighted by molar-refractivity contribution is 7.80. The molecule has 0 aliphatic carbocycles. The molecule has 0 aliphatic heterocycles. The highest BCUT2D eigenvalue weighted by Crippen LogP contribution is 2.13. The summed E-state index contributed by atoms with van der Waals surface area (Å²) in [6, 6.07) is 9.03. The third-order valence-corrected chi connectivity index (χ3v) is 2.00. The van der Waals surface area contributed by atoms with E-state index in [0.717, 1.165) is 5.56 Å². The molecule has 0 heterocycles. The minimum absolute atomic E-state index is 0.0903. The van der Waals surface area contributed by atoms with Gasteiger partial charge in [0.2, 0.25) is 0 Å². The molecule has 70 valence electrons. The fourth-order valence-corrected chi connectivity index (χ4v) is 1.22. The maximum absolute atomic E-state index is 8.71. The van der Waals surface area contributed by atoms with Crippen LogP contribution in [-0.4, -0.2) is 4.99 Å². The monoisotopic (exact) mass is 222 g/mol. The molecule has 1 rings (SSSR count). The molecule has 0 saturated heterocycles. The lowest BCUT2D eigenvalue weighted by atomic mass is 10.1. The number of nitriles is 1. The molecule has 0 amide bonds. The summed E-state index contributed by atoms with van der Waals surface area (Å²) in [6.45, 7) is 0. The second-order valence-corrected chi connectivity index (χ2v) is 3.47. The quantitative estimate of drug-likeness (QED) is 0.475. The van der Waals surface area contributed by atoms with E-state index in [9.17, 15) is 0 Å². The highest BCUT2D eigenvalue weighted by Gasteiger charge is 1.99. The maximum atomic E-state index is 8.71. The molecule has 2 N–H and O–H groups in total. The SMILES string of the molecule is N#C/C(=C\c1cccc(Cl)c1)C(N)=S. The Morgan fingerprint density at radius 2 is 2.29 bits per heavy atom. The minimum atomic E-state index is 0.0903. The van der Waals surface area contributed by atoms with Crippen molar-refractivity contribution in [1.29, 1.82) is 5.26 Å². The molecule has 0 fully saturated rings. The molecule has 0 aliphatic rings. The Kier molecular flexibility index (Phi) is 3.63. The van der Waals surface area contributed by atoms with Gasteiger partial charge in [0.1, 0.15) is 11.1 Å². The number of nitrogens with two attached hydrogens (primary N) is 1. The van der Waals surface area contributed by atoms with Gasteiger partial charge in [-0.05, 0) is 23.8 Å². The second kappa shape index (κ2) is 4.75. The average Bonchev–Trinajstić information content (AvgIpc) is 2.14. The lowest BCUT2D eigenvalue weighted by Crippen LogP contribution is -2.09. The smallest absolute Gasteiger partial charge is 0.114 e. The standard InChI is InChI=1S/C10H7ClN2S/c11-9-3-1-2-7(5-9)4-8(6-12)10(13)14/h1-5H,(H2,13,14)/b8-4+. The summed E-state index contributed by atoms with van der Waals surface area (Å²) in [5, 5.41) is 9.32. The van der Waals surface area contributed by atoms with Crippen molar-refractivity contribution in [2.75, 3.05) is 0 Å². The first-order valence-corrected chi connectivity index (χ1v) is 4.59. The van der Waals surface area contributed by atoms with Crippen molar-refractivity contribution in [2.45, 2.75) is 0 Å². The van der Waals surface area contributed by atoms with Gasteiger partial charge in [-0.1, -0.05) is 36.0 Å². The third kappa shape index (κ3) is 2.84. The molecule has 0 spiro atoms. The molecule has 1 aromatic carbocycles. The number of hydrogen-bond donors (Lipinski definition) is 1. The van der Waals surface area contributed by atoms with Crippen LogP contribution < -0.4 is 5.73 Å². The Morgan fingerprint density at radius 1 is 1.57 bits per heavy atom. The molecular formula is C10H7ClN2S. The van der Waals surface area contributed by atoms with Crippen molar-refractivity contribution in [3.05, 3.63) is 40.4 Å². The van der Waals surface area contributed by atoms with Crippen LogP contribution in [0.3, 0.4) is 0 Å². The van der Waals surface area contributed by atoms with Gasteiger partial charge >= 0.3 is 0 Å². The van der Waals surface area contributed by atoms with Crippen LogP contribution in [0.1, 0.15) is 5.56 Å². The Balaban J connectivity index is 3.08. The van der Waals surface area contributed by atoms with E-state index in [-0.39, 0.29) is 10.6 Å². The van der Waals surface area contributed by atoms with E-state index in [1.54, 1.807) is 24.3 Å². The molecule has 0 aromatic heterocycles. The van der Waals surface area contributed by atoms with Gasteiger partial charge in [-0.3, -0.25) is 0 Å². The Labute approximate surface area is 92.6 Å². The molecule has 2 nitrogen and oxygen atoms in total. The van der Waals surface area contributed by atoms with Crippen LogP contribution in [0, 0.1) is 11.3 Å². The maximum Gasteiger partial charge on any atom is 0.114 e. The Morgan fingerprint density at radius 3 is 2.79 bits per heavy atom. The van der Waals surface area contributed by atoms with Crippen molar-refractivity contribution in [3.8, 4) is 6.07 Å². The Hall–Kier alpha value is -1.37. The van der Waals surface area contributed by atoms with E-state index in [1.807, 2.05) is 12.1 Å². The predicted molar refractivity (Wildman–Crippen MR) is 61.8 cm³/mol. The zero-order valence-corrected chi connectivity index (χ0v) is 8.77. The molecule has 0 saturated carbocycles. The predicted octanol–water partition coefficient (Wildman–Crippen LogP) is 2.53. The fraction of sp³-hybridized carbons (Fsp3) is 0. The molecule has 14 heavy (non-hydrogen) atoms. The van der Waals surface area contributed by atoms with Crippen molar-refractivity contribution >= 4 is 34.9 Å². The van der Waals surface area contributed by atoms with Crippen LogP contribution in [-0.2, 0) is 0 Å². The molecule has 1 aromatic rings. The lowest BCUT2D eigenvalue weighted by Gasteiger charge is -1.96. The number of rotatable bonds is 2. The van der Waals surface area contributed by atoms with E-state index >= 15 is 0 Å². The van der Waals surface area contributed by atoms with Crippen LogP contribution in [0.4, 0.5) is 0 Å². The molecule has 4 heteroatoms. The highest BCUT2D eigenvalue weighted by atomic mass is 35.5. The van der Waals surface area contributed by atoms with Gasteiger partial charge in [-0.2, -0.15) is 5.26 Å². The largest absolute Gasteiger partial charge is 0.389 e. The average molecular weight is 223 g/mol. The molecule has 0 atom stereocenters. The van der Waals surface area contributed by atoms with Crippen LogP contribution in [0.2, 0.25) is 5.02 Å². The molecule has 0 bridgehead atoms. The second-order valence-electron chi connectivity index (χ2n) is 2.59. The minimum Gasteiger partial charge on any atom is -0.389 e. The van der Waals surface area contributed by atoms with Gasteiger partial charge in [0, 0.05) is 5.02 Å². The van der Waals surface area contributed by atoms with Gasteiger partial charge < -0.3 is 5.73 Å². The van der Waals surface area contributed by atoms with E-state index < -0.39 is 0 Å². The van der Waals surface area contributed by atoms with E-state index in [1.165, 1.54) is 0 Å². The van der Waals surface area contributed by atoms with E-state index in [0.29, 0.717) is 5.02 Å². The number of benzene rings is 1. The molecular weight excluding hydrogens is 216 g/mol. The van der Waals surface area contributed by atoms with Crippen molar-refractivity contribution in [1.82, 2.24) is 0 Å². The third-order valence-electron chi connectivity index (χ3n) is 1.55. The van der Waals surface area contributed by atoms with Gasteiger partial charge in [-0.25, -0.2) is 0 Å². The fourth-order valence-electron chi connectivity index (χ4n) is 0.922. The number of hydrogen-bond acceptors (Lipinski definition) is 2. The van der Waals surface area contributed by atoms with Crippen LogP contribution in [0.25, 0.3) is 6.08 Å². The first kappa shape index (κ1) is 10.7. The summed E-state index contributed by atoms with van der Waals surface area (Å²) >= 11 is 10.5. The summed E-state index contributed by atoms with van der Waals surface area (Å²) in [5.74, 6) is 0. The van der Waals surface area contributed by atoms with Crippen LogP contribution >= 0.6 is 23.8 Å². The van der Waals surface area contributed by atoms with Gasteiger partial charge in [0.05, 0.1) is 5.57 Å². The van der Waals surface area contributed by atoms with E-state index in [4.69, 9.17) is 34.8 Å². The lowest BCUT2D eigenvalue weighted by molar-refractivity contribution is 1.51. The normalized spacial score (nSPS) is 10.7. The summed E-state index contributed by atoms with van der Waals surface area (Å²) in [5.41, 5.74) is 6.43. The first-order valence-electron chi connectivity index (χ1n) is 3.80. The number of halogens is 1. The zero-order chi connectivity index (χ0) is 10.6. The topological polar surface area (TPSA) is 49.8 Å².